The van der Waals surface area contributed by atoms with Gasteiger partial charge < -0.3 is 5.32 Å². The summed E-state index contributed by atoms with van der Waals surface area (Å²) in [7, 11) is 0. The van der Waals surface area contributed by atoms with Gasteiger partial charge in [0.1, 0.15) is 5.82 Å². The average molecular weight is 456 g/mol. The van der Waals surface area contributed by atoms with E-state index in [2.05, 4.69) is 22.4 Å². The lowest BCUT2D eigenvalue weighted by Gasteiger charge is -2.18. The Bertz CT molecular complexity index is 1050. The summed E-state index contributed by atoms with van der Waals surface area (Å²) in [4.78, 5) is 30.9. The van der Waals surface area contributed by atoms with E-state index in [0.29, 0.717) is 17.4 Å². The lowest BCUT2D eigenvalue weighted by molar-refractivity contribution is -0.117. The normalized spacial score (nSPS) is 10.9. The minimum Gasteiger partial charge on any atom is -0.353 e. The van der Waals surface area contributed by atoms with Crippen LogP contribution in [0.3, 0.4) is 0 Å². The number of anilines is 2. The number of hydrogen-bond acceptors (Lipinski definition) is 5. The molecule has 0 atom stereocenters. The quantitative estimate of drug-likeness (QED) is 0.271. The highest BCUT2D eigenvalue weighted by molar-refractivity contribution is 7.99. The molecule has 0 fully saturated rings. The molecule has 2 amide bonds. The highest BCUT2D eigenvalue weighted by atomic mass is 32.2. The molecule has 0 aliphatic carbocycles. The van der Waals surface area contributed by atoms with Crippen LogP contribution in [0, 0.1) is 5.82 Å². The number of nitrogens with zero attached hydrogens (tertiary/aromatic N) is 2. The molecule has 5 nitrogen and oxygen atoms in total. The van der Waals surface area contributed by atoms with Crippen molar-refractivity contribution in [2.24, 2.45) is 0 Å². The van der Waals surface area contributed by atoms with Crippen LogP contribution in [0.25, 0.3) is 6.08 Å². The van der Waals surface area contributed by atoms with Crippen LogP contribution >= 0.6 is 23.1 Å². The molecule has 0 aliphatic heterocycles. The number of thiazole rings is 1. The fraction of sp³-hybridized carbons (Fsp3) is 0.174. The van der Waals surface area contributed by atoms with Gasteiger partial charge in [-0.15, -0.1) is 23.1 Å². The Morgan fingerprint density at radius 2 is 1.90 bits per heavy atom. The Morgan fingerprint density at radius 3 is 2.65 bits per heavy atom. The molecule has 1 N–H and O–H groups in total. The second-order valence-corrected chi connectivity index (χ2v) is 8.51. The zero-order chi connectivity index (χ0) is 22.1. The Balaban J connectivity index is 1.50. The maximum absolute atomic E-state index is 14.1. The Morgan fingerprint density at radius 1 is 1.16 bits per heavy atom. The molecule has 0 unspecified atom stereocenters. The summed E-state index contributed by atoms with van der Waals surface area (Å²) in [6.45, 7) is 1.93. The van der Waals surface area contributed by atoms with Crippen LogP contribution in [0.4, 0.5) is 15.2 Å². The van der Waals surface area contributed by atoms with Crippen LogP contribution in [0.5, 0.6) is 0 Å². The van der Waals surface area contributed by atoms with Gasteiger partial charge in [-0.25, -0.2) is 9.37 Å². The van der Waals surface area contributed by atoms with Crippen LogP contribution in [-0.4, -0.2) is 29.1 Å². The molecule has 3 aromatic rings. The van der Waals surface area contributed by atoms with Crippen LogP contribution < -0.4 is 10.2 Å². The number of thioether (sulfide) groups is 1. The van der Waals surface area contributed by atoms with E-state index in [-0.39, 0.29) is 17.5 Å². The molecule has 3 rings (SSSR count). The average Bonchev–Trinajstić information content (AvgIpc) is 3.22. The lowest BCUT2D eigenvalue weighted by atomic mass is 10.3. The third-order valence-electron chi connectivity index (χ3n) is 4.15. The van der Waals surface area contributed by atoms with Gasteiger partial charge in [0.25, 0.3) is 0 Å². The van der Waals surface area contributed by atoms with Crippen molar-refractivity contribution in [2.45, 2.75) is 18.2 Å². The van der Waals surface area contributed by atoms with Gasteiger partial charge in [0, 0.05) is 29.8 Å². The van der Waals surface area contributed by atoms with E-state index in [1.54, 1.807) is 35.4 Å². The van der Waals surface area contributed by atoms with Crippen molar-refractivity contribution in [3.63, 3.8) is 0 Å². The zero-order valence-corrected chi connectivity index (χ0v) is 18.6. The largest absolute Gasteiger partial charge is 0.353 e. The van der Waals surface area contributed by atoms with E-state index in [1.807, 2.05) is 18.2 Å². The number of rotatable bonds is 9. The molecule has 0 spiro atoms. The number of carbonyl (C=O) groups is 2. The maximum Gasteiger partial charge on any atom is 0.244 e. The number of nitrogens with one attached hydrogen (secondary N) is 1. The molecule has 0 aliphatic rings. The van der Waals surface area contributed by atoms with Gasteiger partial charge in [0.2, 0.25) is 11.8 Å². The topological polar surface area (TPSA) is 62.3 Å². The fourth-order valence-corrected chi connectivity index (χ4v) is 4.43. The molecule has 8 heteroatoms. The molecule has 0 saturated carbocycles. The fourth-order valence-electron chi connectivity index (χ4n) is 2.71. The van der Waals surface area contributed by atoms with E-state index in [1.165, 1.54) is 46.3 Å². The molecule has 0 bridgehead atoms. The number of para-hydroxylation sites is 1. The van der Waals surface area contributed by atoms with Gasteiger partial charge >= 0.3 is 0 Å². The first kappa shape index (κ1) is 22.7. The smallest absolute Gasteiger partial charge is 0.244 e. The second-order valence-electron chi connectivity index (χ2n) is 6.50. The number of carbonyl (C=O) groups excluding carboxylic acids is 2. The third kappa shape index (κ3) is 6.77. The van der Waals surface area contributed by atoms with Crippen molar-refractivity contribution in [3.05, 3.63) is 77.6 Å². The Kier molecular flexibility index (Phi) is 8.37. The Labute approximate surface area is 189 Å². The SMILES string of the molecule is CC(=O)N(c1nc(/C=C/C(=O)NCCCSc2ccccc2)cs1)c1ccccc1F. The van der Waals surface area contributed by atoms with Crippen molar-refractivity contribution in [3.8, 4) is 0 Å². The summed E-state index contributed by atoms with van der Waals surface area (Å²) in [6, 6.07) is 16.2. The number of halogens is 1. The summed E-state index contributed by atoms with van der Waals surface area (Å²) >= 11 is 2.96. The zero-order valence-electron chi connectivity index (χ0n) is 17.0. The van der Waals surface area contributed by atoms with Gasteiger partial charge in [-0.3, -0.25) is 14.5 Å². The van der Waals surface area contributed by atoms with E-state index in [0.717, 1.165) is 12.2 Å². The predicted molar refractivity (Wildman–Crippen MR) is 125 cm³/mol. The molecular weight excluding hydrogens is 433 g/mol. The summed E-state index contributed by atoms with van der Waals surface area (Å²) in [5.74, 6) is -0.145. The third-order valence-corrected chi connectivity index (χ3v) is 6.09. The molecule has 0 radical (unpaired) electrons. The number of amides is 2. The molecule has 31 heavy (non-hydrogen) atoms. The molecule has 1 aromatic heterocycles. The highest BCUT2D eigenvalue weighted by Gasteiger charge is 2.20. The van der Waals surface area contributed by atoms with Crippen LogP contribution in [0.15, 0.2) is 70.9 Å². The van der Waals surface area contributed by atoms with Gasteiger partial charge in [-0.2, -0.15) is 0 Å². The van der Waals surface area contributed by atoms with Crippen LogP contribution in [0.1, 0.15) is 19.0 Å². The minimum atomic E-state index is -0.505. The number of benzene rings is 2. The van der Waals surface area contributed by atoms with Crippen molar-refractivity contribution in [1.29, 1.82) is 0 Å². The predicted octanol–water partition coefficient (Wildman–Crippen LogP) is 5.28. The molecule has 160 valence electrons. The van der Waals surface area contributed by atoms with Gasteiger partial charge in [-0.05, 0) is 42.5 Å². The van der Waals surface area contributed by atoms with E-state index >= 15 is 0 Å². The molecule has 1 heterocycles. The number of aromatic nitrogens is 1. The van der Waals surface area contributed by atoms with Crippen molar-refractivity contribution < 1.29 is 14.0 Å². The highest BCUT2D eigenvalue weighted by Crippen LogP contribution is 2.30. The van der Waals surface area contributed by atoms with Crippen molar-refractivity contribution >= 4 is 51.8 Å². The standard InChI is InChI=1S/C23H22FN3O2S2/c1-17(28)27(21-11-6-5-10-20(21)24)23-26-18(16-31-23)12-13-22(29)25-14-7-15-30-19-8-3-2-4-9-19/h2-6,8-13,16H,7,14-15H2,1H3,(H,25,29)/b13-12+. The molecule has 2 aromatic carbocycles. The minimum absolute atomic E-state index is 0.144. The number of hydrogen-bond donors (Lipinski definition) is 1. The monoisotopic (exact) mass is 455 g/mol. The van der Waals surface area contributed by atoms with Crippen molar-refractivity contribution in [2.75, 3.05) is 17.2 Å². The molecular formula is C23H22FN3O2S2. The summed E-state index contributed by atoms with van der Waals surface area (Å²) < 4.78 is 14.1. The first-order valence-corrected chi connectivity index (χ1v) is 11.6. The van der Waals surface area contributed by atoms with Crippen LogP contribution in [-0.2, 0) is 9.59 Å². The van der Waals surface area contributed by atoms with Crippen molar-refractivity contribution in [1.82, 2.24) is 10.3 Å². The van der Waals surface area contributed by atoms with Gasteiger partial charge in [-0.1, -0.05) is 30.3 Å². The van der Waals surface area contributed by atoms with Gasteiger partial charge in [0.15, 0.2) is 5.13 Å². The van der Waals surface area contributed by atoms with E-state index < -0.39 is 5.82 Å². The first-order chi connectivity index (χ1) is 15.0. The summed E-state index contributed by atoms with van der Waals surface area (Å²) in [6.07, 6.45) is 3.84. The second kappa shape index (κ2) is 11.4. The van der Waals surface area contributed by atoms with Crippen LogP contribution in [0.2, 0.25) is 0 Å². The summed E-state index contributed by atoms with van der Waals surface area (Å²) in [5, 5.41) is 4.90. The van der Waals surface area contributed by atoms with E-state index in [9.17, 15) is 14.0 Å². The molecule has 0 saturated heterocycles. The maximum atomic E-state index is 14.1. The van der Waals surface area contributed by atoms with E-state index in [4.69, 9.17) is 0 Å². The first-order valence-electron chi connectivity index (χ1n) is 9.69. The lowest BCUT2D eigenvalue weighted by Crippen LogP contribution is -2.23. The Hall–Kier alpha value is -2.97. The summed E-state index contributed by atoms with van der Waals surface area (Å²) in [5.41, 5.74) is 0.670. The van der Waals surface area contributed by atoms with Gasteiger partial charge in [0.05, 0.1) is 11.4 Å².